The topological polar surface area (TPSA) is 55.2 Å². The maximum absolute atomic E-state index is 10.3. The molecule has 2 aromatic rings. The van der Waals surface area contributed by atoms with Crippen LogP contribution >= 0.6 is 11.5 Å². The first-order valence-corrected chi connectivity index (χ1v) is 6.59. The predicted molar refractivity (Wildman–Crippen MR) is 70.9 cm³/mol. The van der Waals surface area contributed by atoms with Gasteiger partial charge in [-0.3, -0.25) is 0 Å². The Morgan fingerprint density at radius 3 is 2.72 bits per heavy atom. The van der Waals surface area contributed by atoms with E-state index in [-0.39, 0.29) is 6.10 Å². The Morgan fingerprint density at radius 2 is 2.11 bits per heavy atom. The number of aryl methyl sites for hydroxylation is 1. The van der Waals surface area contributed by atoms with Crippen molar-refractivity contribution in [3.63, 3.8) is 0 Å². The molecule has 1 aromatic carbocycles. The molecule has 1 heterocycles. The highest BCUT2D eigenvalue weighted by Gasteiger charge is 2.17. The van der Waals surface area contributed by atoms with E-state index in [1.807, 2.05) is 45.0 Å². The number of aliphatic hydroxyl groups is 1. The summed E-state index contributed by atoms with van der Waals surface area (Å²) in [6, 6.07) is 7.48. The fraction of sp³-hybridized carbons (Fsp3) is 0.385. The first kappa shape index (κ1) is 13.0. The Hall–Kier alpha value is -1.46. The van der Waals surface area contributed by atoms with Gasteiger partial charge >= 0.3 is 0 Å². The van der Waals surface area contributed by atoms with Crippen LogP contribution in [-0.4, -0.2) is 20.8 Å². The van der Waals surface area contributed by atoms with E-state index in [1.165, 1.54) is 11.5 Å². The van der Waals surface area contributed by atoms with Gasteiger partial charge in [0.1, 0.15) is 11.9 Å². The Morgan fingerprint density at radius 1 is 1.33 bits per heavy atom. The summed E-state index contributed by atoms with van der Waals surface area (Å²) in [7, 11) is 0. The van der Waals surface area contributed by atoms with Crippen LogP contribution in [0.15, 0.2) is 24.3 Å². The molecule has 96 valence electrons. The fourth-order valence-electron chi connectivity index (χ4n) is 1.67. The van der Waals surface area contributed by atoms with E-state index < -0.39 is 6.10 Å². The van der Waals surface area contributed by atoms with Gasteiger partial charge in [-0.1, -0.05) is 16.6 Å². The van der Waals surface area contributed by atoms with Crippen molar-refractivity contribution in [2.45, 2.75) is 33.0 Å². The molecule has 0 spiro atoms. The van der Waals surface area contributed by atoms with Crippen molar-refractivity contribution in [2.24, 2.45) is 0 Å². The van der Waals surface area contributed by atoms with Gasteiger partial charge in [0.25, 0.3) is 0 Å². The highest BCUT2D eigenvalue weighted by molar-refractivity contribution is 7.05. The second-order valence-electron chi connectivity index (χ2n) is 4.36. The number of hydrogen-bond donors (Lipinski definition) is 1. The molecule has 1 aromatic heterocycles. The normalized spacial score (nSPS) is 12.7. The molecule has 2 rings (SSSR count). The van der Waals surface area contributed by atoms with Crippen molar-refractivity contribution in [1.82, 2.24) is 9.59 Å². The lowest BCUT2D eigenvalue weighted by atomic mass is 10.1. The summed E-state index contributed by atoms with van der Waals surface area (Å²) < 4.78 is 9.45. The van der Waals surface area contributed by atoms with Gasteiger partial charge in [0.05, 0.1) is 16.7 Å². The molecule has 18 heavy (non-hydrogen) atoms. The smallest absolute Gasteiger partial charge is 0.120 e. The second kappa shape index (κ2) is 5.46. The Labute approximate surface area is 110 Å². The lowest BCUT2D eigenvalue weighted by Gasteiger charge is -2.13. The summed E-state index contributed by atoms with van der Waals surface area (Å²) in [4.78, 5) is 0.775. The summed E-state index contributed by atoms with van der Waals surface area (Å²) in [6.07, 6.45) is -0.579. The van der Waals surface area contributed by atoms with Crippen LogP contribution < -0.4 is 4.74 Å². The van der Waals surface area contributed by atoms with E-state index in [4.69, 9.17) is 4.74 Å². The lowest BCUT2D eigenvalue weighted by molar-refractivity contribution is 0.219. The van der Waals surface area contributed by atoms with Crippen LogP contribution in [0.1, 0.15) is 36.1 Å². The number of nitrogens with zero attached hydrogens (tertiary/aromatic N) is 2. The molecule has 0 aliphatic rings. The third-order valence-corrected chi connectivity index (χ3v) is 3.36. The average molecular weight is 264 g/mol. The van der Waals surface area contributed by atoms with Gasteiger partial charge in [-0.2, -0.15) is 0 Å². The zero-order chi connectivity index (χ0) is 13.1. The lowest BCUT2D eigenvalue weighted by Crippen LogP contribution is -2.06. The SMILES string of the molecule is Cc1nnsc1C(O)c1cccc(OC(C)C)c1. The number of benzene rings is 1. The van der Waals surface area contributed by atoms with Crippen LogP contribution in [0, 0.1) is 6.92 Å². The minimum absolute atomic E-state index is 0.115. The highest BCUT2D eigenvalue weighted by atomic mass is 32.1. The Kier molecular flexibility index (Phi) is 3.93. The Balaban J connectivity index is 2.25. The van der Waals surface area contributed by atoms with Crippen LogP contribution in [0.3, 0.4) is 0 Å². The van der Waals surface area contributed by atoms with Crippen molar-refractivity contribution in [3.05, 3.63) is 40.4 Å². The van der Waals surface area contributed by atoms with Crippen LogP contribution in [0.4, 0.5) is 0 Å². The first-order valence-electron chi connectivity index (χ1n) is 5.81. The van der Waals surface area contributed by atoms with E-state index in [0.717, 1.165) is 21.9 Å². The Bertz CT molecular complexity index is 525. The van der Waals surface area contributed by atoms with Gasteiger partial charge in [-0.05, 0) is 50.0 Å². The van der Waals surface area contributed by atoms with Gasteiger partial charge in [0, 0.05) is 0 Å². The molecule has 0 saturated carbocycles. The largest absolute Gasteiger partial charge is 0.491 e. The maximum Gasteiger partial charge on any atom is 0.120 e. The second-order valence-corrected chi connectivity index (χ2v) is 5.15. The molecule has 0 aliphatic carbocycles. The number of ether oxygens (including phenoxy) is 1. The highest BCUT2D eigenvalue weighted by Crippen LogP contribution is 2.28. The van der Waals surface area contributed by atoms with Crippen LogP contribution in [0.5, 0.6) is 5.75 Å². The third kappa shape index (κ3) is 2.86. The van der Waals surface area contributed by atoms with E-state index in [1.54, 1.807) is 0 Å². The first-order chi connectivity index (χ1) is 8.58. The number of aliphatic hydroxyl groups excluding tert-OH is 1. The molecule has 4 nitrogen and oxygen atoms in total. The molecule has 0 radical (unpaired) electrons. The molecule has 1 N–H and O–H groups in total. The third-order valence-electron chi connectivity index (χ3n) is 2.48. The van der Waals surface area contributed by atoms with Gasteiger partial charge in [-0.25, -0.2) is 0 Å². The van der Waals surface area contributed by atoms with E-state index in [2.05, 4.69) is 9.59 Å². The van der Waals surface area contributed by atoms with Crippen molar-refractivity contribution >= 4 is 11.5 Å². The van der Waals surface area contributed by atoms with Crippen LogP contribution in [-0.2, 0) is 0 Å². The molecule has 1 atom stereocenters. The minimum Gasteiger partial charge on any atom is -0.491 e. The summed E-state index contributed by atoms with van der Waals surface area (Å²) in [5, 5.41) is 14.2. The van der Waals surface area contributed by atoms with Crippen molar-refractivity contribution < 1.29 is 9.84 Å². The maximum atomic E-state index is 10.3. The molecule has 0 fully saturated rings. The standard InChI is InChI=1S/C13H16N2O2S/c1-8(2)17-11-6-4-5-10(7-11)12(16)13-9(3)14-15-18-13/h4-8,12,16H,1-3H3. The summed E-state index contributed by atoms with van der Waals surface area (Å²) in [6.45, 7) is 5.79. The van der Waals surface area contributed by atoms with E-state index >= 15 is 0 Å². The van der Waals surface area contributed by atoms with E-state index in [9.17, 15) is 5.11 Å². The number of aromatic nitrogens is 2. The molecular weight excluding hydrogens is 248 g/mol. The van der Waals surface area contributed by atoms with Crippen LogP contribution in [0.2, 0.25) is 0 Å². The summed E-state index contributed by atoms with van der Waals surface area (Å²) in [5.41, 5.74) is 1.56. The quantitative estimate of drug-likeness (QED) is 0.922. The van der Waals surface area contributed by atoms with Crippen molar-refractivity contribution in [3.8, 4) is 5.75 Å². The fourth-order valence-corrected chi connectivity index (χ4v) is 2.33. The molecule has 1 unspecified atom stereocenters. The van der Waals surface area contributed by atoms with Crippen LogP contribution in [0.25, 0.3) is 0 Å². The zero-order valence-electron chi connectivity index (χ0n) is 10.6. The molecular formula is C13H16N2O2S. The monoisotopic (exact) mass is 264 g/mol. The molecule has 0 bridgehead atoms. The van der Waals surface area contributed by atoms with Gasteiger partial charge in [-0.15, -0.1) is 5.10 Å². The van der Waals surface area contributed by atoms with Crippen molar-refractivity contribution in [1.29, 1.82) is 0 Å². The predicted octanol–water partition coefficient (Wildman–Crippen LogP) is 2.72. The van der Waals surface area contributed by atoms with Gasteiger partial charge in [0.2, 0.25) is 0 Å². The molecule has 0 amide bonds. The molecule has 0 aliphatic heterocycles. The molecule has 0 saturated heterocycles. The number of hydrogen-bond acceptors (Lipinski definition) is 5. The van der Waals surface area contributed by atoms with Gasteiger partial charge < -0.3 is 9.84 Å². The summed E-state index contributed by atoms with van der Waals surface area (Å²) in [5.74, 6) is 0.761. The minimum atomic E-state index is -0.694. The molecule has 5 heteroatoms. The van der Waals surface area contributed by atoms with E-state index in [0.29, 0.717) is 0 Å². The van der Waals surface area contributed by atoms with Crippen molar-refractivity contribution in [2.75, 3.05) is 0 Å². The summed E-state index contributed by atoms with van der Waals surface area (Å²) >= 11 is 1.22. The number of rotatable bonds is 4. The van der Waals surface area contributed by atoms with Gasteiger partial charge in [0.15, 0.2) is 0 Å². The zero-order valence-corrected chi connectivity index (χ0v) is 11.4. The average Bonchev–Trinajstić information content (AvgIpc) is 2.74.